The lowest BCUT2D eigenvalue weighted by atomic mass is 9.97. The molecule has 112 valence electrons. The third-order valence-corrected chi connectivity index (χ3v) is 4.02. The predicted molar refractivity (Wildman–Crippen MR) is 77.4 cm³/mol. The summed E-state index contributed by atoms with van der Waals surface area (Å²) < 4.78 is 16.4. The molecule has 1 aliphatic carbocycles. The van der Waals surface area contributed by atoms with E-state index in [2.05, 4.69) is 4.98 Å². The van der Waals surface area contributed by atoms with Crippen LogP contribution in [-0.2, 0) is 5.41 Å². The van der Waals surface area contributed by atoms with Gasteiger partial charge in [0.05, 0.1) is 12.8 Å². The first-order chi connectivity index (χ1) is 10.7. The van der Waals surface area contributed by atoms with E-state index in [1.165, 1.54) is 6.20 Å². The van der Waals surface area contributed by atoms with Crippen molar-refractivity contribution >= 4 is 6.09 Å². The molecule has 0 unspecified atom stereocenters. The Kier molecular flexibility index (Phi) is 2.72. The molecule has 2 N–H and O–H groups in total. The van der Waals surface area contributed by atoms with E-state index < -0.39 is 6.09 Å². The van der Waals surface area contributed by atoms with Crippen LogP contribution in [0.1, 0.15) is 18.4 Å². The number of carbonyl (C=O) groups is 1. The average molecular weight is 298 g/mol. The molecule has 2 aliphatic rings. The summed E-state index contributed by atoms with van der Waals surface area (Å²) in [4.78, 5) is 14.8. The Hall–Kier alpha value is -2.76. The molecule has 1 aromatic heterocycles. The molecule has 6 heteroatoms. The summed E-state index contributed by atoms with van der Waals surface area (Å²) in [6.07, 6.45) is 2.77. The Balaban J connectivity index is 1.60. The third-order valence-electron chi connectivity index (χ3n) is 4.02. The number of fused-ring (bicyclic) bond motifs is 2. The average Bonchev–Trinajstić information content (AvgIpc) is 3.17. The smallest absolute Gasteiger partial charge is 0.410 e. The summed E-state index contributed by atoms with van der Waals surface area (Å²) in [5, 5.41) is 0. The number of hydrogen-bond acceptors (Lipinski definition) is 5. The number of nitrogens with two attached hydrogens (primary N) is 1. The first kappa shape index (κ1) is 12.9. The Morgan fingerprint density at radius 3 is 2.82 bits per heavy atom. The van der Waals surface area contributed by atoms with Gasteiger partial charge in [-0.2, -0.15) is 0 Å². The van der Waals surface area contributed by atoms with Gasteiger partial charge in [-0.05, 0) is 31.0 Å². The molecule has 0 bridgehead atoms. The molecule has 1 saturated carbocycles. The van der Waals surface area contributed by atoms with Crippen molar-refractivity contribution in [1.29, 1.82) is 0 Å². The Bertz CT molecular complexity index is 738. The lowest BCUT2D eigenvalue weighted by molar-refractivity contribution is 0.210. The van der Waals surface area contributed by atoms with Gasteiger partial charge in [-0.15, -0.1) is 0 Å². The lowest BCUT2D eigenvalue weighted by Crippen LogP contribution is -2.16. The molecule has 2 heterocycles. The minimum atomic E-state index is -0.871. The van der Waals surface area contributed by atoms with E-state index in [0.717, 1.165) is 36.5 Å². The number of primary amides is 1. The molecule has 22 heavy (non-hydrogen) atoms. The molecule has 1 aliphatic heterocycles. The van der Waals surface area contributed by atoms with Crippen molar-refractivity contribution in [3.8, 4) is 23.1 Å². The predicted octanol–water partition coefficient (Wildman–Crippen LogP) is 2.76. The molecule has 1 amide bonds. The number of benzene rings is 1. The van der Waals surface area contributed by atoms with Crippen LogP contribution < -0.4 is 19.9 Å². The molecule has 1 fully saturated rings. The van der Waals surface area contributed by atoms with E-state index in [0.29, 0.717) is 5.88 Å². The van der Waals surface area contributed by atoms with E-state index in [-0.39, 0.29) is 11.2 Å². The highest BCUT2D eigenvalue weighted by molar-refractivity contribution is 5.67. The van der Waals surface area contributed by atoms with E-state index in [1.807, 2.05) is 18.2 Å². The zero-order valence-electron chi connectivity index (χ0n) is 11.7. The molecule has 0 atom stereocenters. The second-order valence-corrected chi connectivity index (χ2v) is 5.55. The minimum absolute atomic E-state index is 0.126. The van der Waals surface area contributed by atoms with Gasteiger partial charge in [-0.1, -0.05) is 6.07 Å². The summed E-state index contributed by atoms with van der Waals surface area (Å²) in [7, 11) is 0. The van der Waals surface area contributed by atoms with E-state index in [1.54, 1.807) is 12.1 Å². The van der Waals surface area contributed by atoms with Gasteiger partial charge >= 0.3 is 6.09 Å². The van der Waals surface area contributed by atoms with Crippen LogP contribution in [0, 0.1) is 0 Å². The summed E-state index contributed by atoms with van der Waals surface area (Å²) in [6, 6.07) is 9.00. The number of rotatable bonds is 3. The maximum Gasteiger partial charge on any atom is 0.410 e. The SMILES string of the molecule is NC(=O)Oc1ccc(Oc2cccc3c2C2(CC2)CO3)nc1. The number of aromatic nitrogens is 1. The van der Waals surface area contributed by atoms with E-state index in [4.69, 9.17) is 19.9 Å². The normalized spacial score (nSPS) is 16.7. The van der Waals surface area contributed by atoms with Crippen LogP contribution in [0.3, 0.4) is 0 Å². The van der Waals surface area contributed by atoms with Gasteiger partial charge in [0, 0.05) is 17.0 Å². The zero-order chi connectivity index (χ0) is 15.2. The van der Waals surface area contributed by atoms with Gasteiger partial charge in [0.2, 0.25) is 5.88 Å². The second-order valence-electron chi connectivity index (χ2n) is 5.55. The second kappa shape index (κ2) is 4.62. The minimum Gasteiger partial charge on any atom is -0.492 e. The quantitative estimate of drug-likeness (QED) is 0.942. The topological polar surface area (TPSA) is 83.7 Å². The standard InChI is InChI=1S/C16H14N2O4/c17-15(19)21-10-4-5-13(18-8-10)22-12-3-1-2-11-14(12)16(6-7-16)9-20-11/h1-5,8H,6-7,9H2,(H2,17,19). The van der Waals surface area contributed by atoms with Gasteiger partial charge < -0.3 is 19.9 Å². The van der Waals surface area contributed by atoms with Crippen molar-refractivity contribution in [2.75, 3.05) is 6.61 Å². The fraction of sp³-hybridized carbons (Fsp3) is 0.250. The molecule has 1 aromatic carbocycles. The Morgan fingerprint density at radius 1 is 1.27 bits per heavy atom. The van der Waals surface area contributed by atoms with Crippen LogP contribution in [0.25, 0.3) is 0 Å². The molecular weight excluding hydrogens is 284 g/mol. The summed E-state index contributed by atoms with van der Waals surface area (Å²) in [6.45, 7) is 0.724. The van der Waals surface area contributed by atoms with Gasteiger partial charge in [0.15, 0.2) is 5.75 Å². The summed E-state index contributed by atoms with van der Waals surface area (Å²) in [5.74, 6) is 2.36. The molecule has 0 radical (unpaired) electrons. The van der Waals surface area contributed by atoms with Gasteiger partial charge in [-0.25, -0.2) is 9.78 Å². The molecule has 1 spiro atoms. The van der Waals surface area contributed by atoms with Crippen LogP contribution in [0.15, 0.2) is 36.5 Å². The zero-order valence-corrected chi connectivity index (χ0v) is 11.7. The first-order valence-electron chi connectivity index (χ1n) is 7.04. The fourth-order valence-corrected chi connectivity index (χ4v) is 2.79. The lowest BCUT2D eigenvalue weighted by Gasteiger charge is -2.12. The highest BCUT2D eigenvalue weighted by Crippen LogP contribution is 2.58. The third kappa shape index (κ3) is 2.13. The van der Waals surface area contributed by atoms with Crippen molar-refractivity contribution in [3.05, 3.63) is 42.1 Å². The number of pyridine rings is 1. The van der Waals surface area contributed by atoms with Gasteiger partial charge in [-0.3, -0.25) is 0 Å². The van der Waals surface area contributed by atoms with Gasteiger partial charge in [0.25, 0.3) is 0 Å². The summed E-state index contributed by atoms with van der Waals surface area (Å²) in [5.41, 5.74) is 6.21. The first-order valence-corrected chi connectivity index (χ1v) is 7.04. The monoisotopic (exact) mass is 298 g/mol. The largest absolute Gasteiger partial charge is 0.492 e. The molecule has 2 aromatic rings. The van der Waals surface area contributed by atoms with Crippen LogP contribution in [0.2, 0.25) is 0 Å². The van der Waals surface area contributed by atoms with Crippen molar-refractivity contribution in [3.63, 3.8) is 0 Å². The molecule has 6 nitrogen and oxygen atoms in total. The number of amides is 1. The molecule has 4 rings (SSSR count). The Morgan fingerprint density at radius 2 is 2.14 bits per heavy atom. The maximum atomic E-state index is 10.7. The van der Waals surface area contributed by atoms with Crippen molar-refractivity contribution in [2.45, 2.75) is 18.3 Å². The number of nitrogens with zero attached hydrogens (tertiary/aromatic N) is 1. The maximum absolute atomic E-state index is 10.7. The molecule has 0 saturated heterocycles. The highest BCUT2D eigenvalue weighted by Gasteiger charge is 2.52. The highest BCUT2D eigenvalue weighted by atomic mass is 16.5. The molecular formula is C16H14N2O4. The summed E-state index contributed by atoms with van der Waals surface area (Å²) >= 11 is 0. The van der Waals surface area contributed by atoms with Crippen molar-refractivity contribution in [1.82, 2.24) is 4.98 Å². The van der Waals surface area contributed by atoms with Crippen molar-refractivity contribution < 1.29 is 19.0 Å². The Labute approximate surface area is 126 Å². The number of ether oxygens (including phenoxy) is 3. The fourth-order valence-electron chi connectivity index (χ4n) is 2.79. The van der Waals surface area contributed by atoms with Crippen LogP contribution >= 0.6 is 0 Å². The van der Waals surface area contributed by atoms with Crippen LogP contribution in [0.4, 0.5) is 4.79 Å². The van der Waals surface area contributed by atoms with Crippen LogP contribution in [-0.4, -0.2) is 17.7 Å². The van der Waals surface area contributed by atoms with Crippen molar-refractivity contribution in [2.24, 2.45) is 5.73 Å². The van der Waals surface area contributed by atoms with Crippen LogP contribution in [0.5, 0.6) is 23.1 Å². The van der Waals surface area contributed by atoms with E-state index in [9.17, 15) is 4.79 Å². The van der Waals surface area contributed by atoms with E-state index >= 15 is 0 Å². The number of carbonyl (C=O) groups excluding carboxylic acids is 1. The number of hydrogen-bond donors (Lipinski definition) is 1. The van der Waals surface area contributed by atoms with Gasteiger partial charge in [0.1, 0.15) is 11.5 Å².